The van der Waals surface area contributed by atoms with E-state index in [2.05, 4.69) is 35.9 Å². The van der Waals surface area contributed by atoms with E-state index < -0.39 is 0 Å². The molecule has 1 aromatic heterocycles. The standard InChI is InChI=1S/C14H23N3O/c1-11(2)14(3)6-8-17(9-7-14)10-12-4-5-13(18)16-15-12/h4-5,11H,6-10H2,1-3H3,(H,16,18). The van der Waals surface area contributed by atoms with E-state index in [1.165, 1.54) is 12.8 Å². The summed E-state index contributed by atoms with van der Waals surface area (Å²) >= 11 is 0. The van der Waals surface area contributed by atoms with Gasteiger partial charge in [-0.15, -0.1) is 0 Å². The Labute approximate surface area is 108 Å². The van der Waals surface area contributed by atoms with E-state index in [0.29, 0.717) is 5.41 Å². The molecule has 1 aliphatic heterocycles. The second kappa shape index (κ2) is 5.22. The molecule has 0 aromatic carbocycles. The molecule has 0 saturated carbocycles. The maximum absolute atomic E-state index is 10.9. The smallest absolute Gasteiger partial charge is 0.264 e. The van der Waals surface area contributed by atoms with Crippen LogP contribution in [-0.4, -0.2) is 28.2 Å². The number of hydrogen-bond donors (Lipinski definition) is 1. The van der Waals surface area contributed by atoms with Gasteiger partial charge in [-0.05, 0) is 43.3 Å². The summed E-state index contributed by atoms with van der Waals surface area (Å²) in [6.45, 7) is 10.1. The number of nitrogens with zero attached hydrogens (tertiary/aromatic N) is 2. The van der Waals surface area contributed by atoms with Crippen molar-refractivity contribution in [3.63, 3.8) is 0 Å². The summed E-state index contributed by atoms with van der Waals surface area (Å²) in [5, 5.41) is 6.56. The topological polar surface area (TPSA) is 49.0 Å². The van der Waals surface area contributed by atoms with Gasteiger partial charge in [-0.25, -0.2) is 5.10 Å². The van der Waals surface area contributed by atoms with Crippen molar-refractivity contribution < 1.29 is 0 Å². The van der Waals surface area contributed by atoms with Crippen molar-refractivity contribution in [3.8, 4) is 0 Å². The molecule has 1 aromatic rings. The van der Waals surface area contributed by atoms with E-state index in [0.717, 1.165) is 31.2 Å². The largest absolute Gasteiger partial charge is 0.297 e. The lowest BCUT2D eigenvalue weighted by Gasteiger charge is -2.42. The minimum absolute atomic E-state index is 0.134. The van der Waals surface area contributed by atoms with Crippen molar-refractivity contribution in [1.29, 1.82) is 0 Å². The lowest BCUT2D eigenvalue weighted by Crippen LogP contribution is -2.40. The van der Waals surface area contributed by atoms with E-state index in [-0.39, 0.29) is 5.56 Å². The van der Waals surface area contributed by atoms with Crippen LogP contribution in [0.15, 0.2) is 16.9 Å². The monoisotopic (exact) mass is 249 g/mol. The van der Waals surface area contributed by atoms with Gasteiger partial charge < -0.3 is 0 Å². The van der Waals surface area contributed by atoms with Gasteiger partial charge in [0.05, 0.1) is 5.69 Å². The molecule has 0 atom stereocenters. The SMILES string of the molecule is CC(C)C1(C)CCN(Cc2ccc(=O)[nH]n2)CC1. The molecule has 4 nitrogen and oxygen atoms in total. The first-order valence-corrected chi connectivity index (χ1v) is 6.76. The first-order chi connectivity index (χ1) is 8.49. The van der Waals surface area contributed by atoms with Gasteiger partial charge in [0, 0.05) is 12.6 Å². The van der Waals surface area contributed by atoms with Gasteiger partial charge in [0.1, 0.15) is 0 Å². The van der Waals surface area contributed by atoms with Gasteiger partial charge >= 0.3 is 0 Å². The summed E-state index contributed by atoms with van der Waals surface area (Å²) in [4.78, 5) is 13.4. The first-order valence-electron chi connectivity index (χ1n) is 6.76. The molecule has 1 saturated heterocycles. The van der Waals surface area contributed by atoms with Crippen molar-refractivity contribution in [1.82, 2.24) is 15.1 Å². The Bertz CT molecular complexity index is 424. The van der Waals surface area contributed by atoms with Gasteiger partial charge in [0.2, 0.25) is 0 Å². The highest BCUT2D eigenvalue weighted by Gasteiger charge is 2.32. The normalized spacial score (nSPS) is 20.2. The number of aromatic amines is 1. The second-order valence-electron chi connectivity index (χ2n) is 6.00. The summed E-state index contributed by atoms with van der Waals surface area (Å²) < 4.78 is 0. The lowest BCUT2D eigenvalue weighted by molar-refractivity contribution is 0.0734. The molecule has 2 rings (SSSR count). The van der Waals surface area contributed by atoms with E-state index in [1.54, 1.807) is 6.07 Å². The summed E-state index contributed by atoms with van der Waals surface area (Å²) in [6, 6.07) is 3.36. The molecule has 0 spiro atoms. The predicted molar refractivity (Wildman–Crippen MR) is 72.3 cm³/mol. The van der Waals surface area contributed by atoms with Crippen LogP contribution in [0, 0.1) is 11.3 Å². The molecule has 100 valence electrons. The average molecular weight is 249 g/mol. The molecule has 1 N–H and O–H groups in total. The molecule has 0 unspecified atom stereocenters. The average Bonchev–Trinajstić information content (AvgIpc) is 2.35. The van der Waals surface area contributed by atoms with Gasteiger partial charge in [0.15, 0.2) is 0 Å². The van der Waals surface area contributed by atoms with Crippen LogP contribution in [0.4, 0.5) is 0 Å². The van der Waals surface area contributed by atoms with Crippen LogP contribution in [0.1, 0.15) is 39.3 Å². The molecule has 0 radical (unpaired) electrons. The summed E-state index contributed by atoms with van der Waals surface area (Å²) in [7, 11) is 0. The zero-order valence-corrected chi connectivity index (χ0v) is 11.6. The molecule has 18 heavy (non-hydrogen) atoms. The number of likely N-dealkylation sites (tertiary alicyclic amines) is 1. The third-order valence-electron chi connectivity index (χ3n) is 4.51. The van der Waals surface area contributed by atoms with Crippen molar-refractivity contribution in [2.75, 3.05) is 13.1 Å². The van der Waals surface area contributed by atoms with Crippen LogP contribution >= 0.6 is 0 Å². The number of aromatic nitrogens is 2. The maximum atomic E-state index is 10.9. The van der Waals surface area contributed by atoms with Crippen LogP contribution in [0.25, 0.3) is 0 Å². The Morgan fingerprint density at radius 1 is 1.39 bits per heavy atom. The summed E-state index contributed by atoms with van der Waals surface area (Å²) in [5.41, 5.74) is 1.29. The Morgan fingerprint density at radius 2 is 2.06 bits per heavy atom. The lowest BCUT2D eigenvalue weighted by atomic mass is 9.72. The van der Waals surface area contributed by atoms with Crippen LogP contribution in [0.5, 0.6) is 0 Å². The quantitative estimate of drug-likeness (QED) is 0.891. The zero-order valence-electron chi connectivity index (χ0n) is 11.6. The molecule has 0 aliphatic carbocycles. The molecule has 0 amide bonds. The minimum atomic E-state index is -0.134. The van der Waals surface area contributed by atoms with Gasteiger partial charge in [-0.3, -0.25) is 9.69 Å². The fraction of sp³-hybridized carbons (Fsp3) is 0.714. The van der Waals surface area contributed by atoms with E-state index in [1.807, 2.05) is 6.07 Å². The summed E-state index contributed by atoms with van der Waals surface area (Å²) in [5.74, 6) is 0.742. The molecular weight excluding hydrogens is 226 g/mol. The van der Waals surface area contributed by atoms with Crippen molar-refractivity contribution in [2.24, 2.45) is 11.3 Å². The van der Waals surface area contributed by atoms with Crippen LogP contribution in [0.2, 0.25) is 0 Å². The fourth-order valence-electron chi connectivity index (χ4n) is 2.49. The Hall–Kier alpha value is -1.16. The van der Waals surface area contributed by atoms with Crippen LogP contribution in [0.3, 0.4) is 0 Å². The second-order valence-corrected chi connectivity index (χ2v) is 6.00. The van der Waals surface area contributed by atoms with Crippen molar-refractivity contribution >= 4 is 0 Å². The number of piperidine rings is 1. The predicted octanol–water partition coefficient (Wildman–Crippen LogP) is 2.03. The maximum Gasteiger partial charge on any atom is 0.264 e. The van der Waals surface area contributed by atoms with Crippen molar-refractivity contribution in [2.45, 2.75) is 40.2 Å². The number of H-pyrrole nitrogens is 1. The highest BCUT2D eigenvalue weighted by molar-refractivity contribution is 5.00. The Morgan fingerprint density at radius 3 is 2.56 bits per heavy atom. The number of hydrogen-bond acceptors (Lipinski definition) is 3. The van der Waals surface area contributed by atoms with Crippen LogP contribution in [-0.2, 0) is 6.54 Å². The third-order valence-corrected chi connectivity index (χ3v) is 4.51. The Balaban J connectivity index is 1.91. The molecule has 4 heteroatoms. The molecule has 0 bridgehead atoms. The van der Waals surface area contributed by atoms with Crippen LogP contribution < -0.4 is 5.56 Å². The first kappa shape index (κ1) is 13.3. The Kier molecular flexibility index (Phi) is 3.85. The van der Waals surface area contributed by atoms with Gasteiger partial charge in [0.25, 0.3) is 5.56 Å². The molecule has 1 fully saturated rings. The summed E-state index contributed by atoms with van der Waals surface area (Å²) in [6.07, 6.45) is 2.49. The minimum Gasteiger partial charge on any atom is -0.297 e. The van der Waals surface area contributed by atoms with Gasteiger partial charge in [-0.2, -0.15) is 5.10 Å². The highest BCUT2D eigenvalue weighted by atomic mass is 16.1. The number of rotatable bonds is 3. The number of nitrogens with one attached hydrogen (secondary N) is 1. The van der Waals surface area contributed by atoms with E-state index in [9.17, 15) is 4.79 Å². The molecular formula is C14H23N3O. The molecule has 1 aliphatic rings. The highest BCUT2D eigenvalue weighted by Crippen LogP contribution is 2.38. The van der Waals surface area contributed by atoms with E-state index in [4.69, 9.17) is 0 Å². The van der Waals surface area contributed by atoms with E-state index >= 15 is 0 Å². The van der Waals surface area contributed by atoms with Crippen molar-refractivity contribution in [3.05, 3.63) is 28.2 Å². The zero-order chi connectivity index (χ0) is 13.2. The molecule has 2 heterocycles. The third kappa shape index (κ3) is 2.99. The fourth-order valence-corrected chi connectivity index (χ4v) is 2.49. The van der Waals surface area contributed by atoms with Gasteiger partial charge in [-0.1, -0.05) is 20.8 Å².